The highest BCUT2D eigenvalue weighted by Gasteiger charge is 2.39. The SMILES string of the molecule is COC(=O)[C@H](NC(=O)c1ccnc2ccccc12)C1c2ccccc2-c2ccccc21. The molecule has 1 atom stereocenters. The predicted molar refractivity (Wildman–Crippen MR) is 119 cm³/mol. The van der Waals surface area contributed by atoms with E-state index in [1.165, 1.54) is 7.11 Å². The van der Waals surface area contributed by atoms with Gasteiger partial charge >= 0.3 is 5.97 Å². The van der Waals surface area contributed by atoms with E-state index in [4.69, 9.17) is 4.74 Å². The molecule has 5 nitrogen and oxygen atoms in total. The molecule has 0 radical (unpaired) electrons. The summed E-state index contributed by atoms with van der Waals surface area (Å²) in [4.78, 5) is 30.5. The van der Waals surface area contributed by atoms with Crippen LogP contribution in [0, 0.1) is 0 Å². The molecule has 0 spiro atoms. The van der Waals surface area contributed by atoms with Crippen LogP contribution in [-0.2, 0) is 9.53 Å². The van der Waals surface area contributed by atoms with Crippen LogP contribution in [0.25, 0.3) is 22.0 Å². The number of methoxy groups -OCH3 is 1. The van der Waals surface area contributed by atoms with Gasteiger partial charge in [-0.05, 0) is 34.4 Å². The van der Waals surface area contributed by atoms with E-state index in [0.717, 1.165) is 33.2 Å². The van der Waals surface area contributed by atoms with Gasteiger partial charge in [-0.2, -0.15) is 0 Å². The Labute approximate surface area is 179 Å². The van der Waals surface area contributed by atoms with E-state index in [9.17, 15) is 9.59 Å². The van der Waals surface area contributed by atoms with E-state index in [2.05, 4.69) is 10.3 Å². The van der Waals surface area contributed by atoms with E-state index in [1.54, 1.807) is 12.3 Å². The Balaban J connectivity index is 1.59. The number of para-hydroxylation sites is 1. The molecular weight excluding hydrogens is 388 g/mol. The first kappa shape index (κ1) is 19.0. The smallest absolute Gasteiger partial charge is 0.329 e. The summed E-state index contributed by atoms with van der Waals surface area (Å²) in [5.41, 5.74) is 5.33. The number of nitrogens with zero attached hydrogens (tertiary/aromatic N) is 1. The zero-order chi connectivity index (χ0) is 21.4. The van der Waals surface area contributed by atoms with Crippen molar-refractivity contribution in [2.45, 2.75) is 12.0 Å². The van der Waals surface area contributed by atoms with Gasteiger partial charge in [0.2, 0.25) is 0 Å². The van der Waals surface area contributed by atoms with Crippen molar-refractivity contribution in [2.24, 2.45) is 0 Å². The number of aromatic nitrogens is 1. The maximum atomic E-state index is 13.3. The number of carbonyl (C=O) groups excluding carboxylic acids is 2. The minimum Gasteiger partial charge on any atom is -0.467 e. The fraction of sp³-hybridized carbons (Fsp3) is 0.115. The molecule has 0 saturated carbocycles. The molecule has 5 heteroatoms. The predicted octanol–water partition coefficient (Wildman–Crippen LogP) is 4.32. The summed E-state index contributed by atoms with van der Waals surface area (Å²) in [7, 11) is 1.34. The third kappa shape index (κ3) is 3.15. The normalized spacial score (nSPS) is 13.3. The molecule has 1 N–H and O–H groups in total. The van der Waals surface area contributed by atoms with Crippen LogP contribution in [-0.4, -0.2) is 30.0 Å². The van der Waals surface area contributed by atoms with E-state index >= 15 is 0 Å². The minimum absolute atomic E-state index is 0.336. The Morgan fingerprint density at radius 2 is 1.48 bits per heavy atom. The Kier molecular flexibility index (Phi) is 4.71. The highest BCUT2D eigenvalue weighted by Crippen LogP contribution is 2.46. The van der Waals surface area contributed by atoms with E-state index in [0.29, 0.717) is 5.56 Å². The first-order valence-corrected chi connectivity index (χ1v) is 10.1. The van der Waals surface area contributed by atoms with Crippen molar-refractivity contribution in [3.63, 3.8) is 0 Å². The summed E-state index contributed by atoms with van der Waals surface area (Å²) < 4.78 is 5.11. The third-order valence-corrected chi connectivity index (χ3v) is 5.85. The van der Waals surface area contributed by atoms with Gasteiger partial charge in [-0.1, -0.05) is 66.7 Å². The first-order chi connectivity index (χ1) is 15.2. The van der Waals surface area contributed by atoms with Crippen LogP contribution in [0.5, 0.6) is 0 Å². The van der Waals surface area contributed by atoms with E-state index in [-0.39, 0.29) is 11.8 Å². The first-order valence-electron chi connectivity index (χ1n) is 10.1. The molecule has 4 aromatic rings. The van der Waals surface area contributed by atoms with Crippen LogP contribution >= 0.6 is 0 Å². The van der Waals surface area contributed by atoms with Crippen LogP contribution in [0.3, 0.4) is 0 Å². The van der Waals surface area contributed by atoms with Crippen molar-refractivity contribution >= 4 is 22.8 Å². The van der Waals surface area contributed by atoms with Gasteiger partial charge < -0.3 is 10.1 Å². The van der Waals surface area contributed by atoms with Crippen LogP contribution in [0.2, 0.25) is 0 Å². The summed E-state index contributed by atoms with van der Waals surface area (Å²) in [6.07, 6.45) is 1.60. The highest BCUT2D eigenvalue weighted by atomic mass is 16.5. The van der Waals surface area contributed by atoms with Crippen molar-refractivity contribution in [2.75, 3.05) is 7.11 Å². The van der Waals surface area contributed by atoms with E-state index in [1.807, 2.05) is 72.8 Å². The molecule has 0 aliphatic heterocycles. The fourth-order valence-electron chi connectivity index (χ4n) is 4.47. The molecule has 1 aromatic heterocycles. The minimum atomic E-state index is -0.866. The lowest BCUT2D eigenvalue weighted by molar-refractivity contribution is -0.143. The summed E-state index contributed by atoms with van der Waals surface area (Å²) in [5.74, 6) is -1.16. The lowest BCUT2D eigenvalue weighted by atomic mass is 9.89. The number of nitrogens with one attached hydrogen (secondary N) is 1. The lowest BCUT2D eigenvalue weighted by Crippen LogP contribution is -2.45. The molecule has 5 rings (SSSR count). The molecule has 31 heavy (non-hydrogen) atoms. The number of benzene rings is 3. The van der Waals surface area contributed by atoms with Crippen molar-refractivity contribution in [3.05, 3.63) is 102 Å². The number of rotatable bonds is 4. The molecule has 152 valence electrons. The number of ether oxygens (including phenoxy) is 1. The number of hydrogen-bond acceptors (Lipinski definition) is 4. The quantitative estimate of drug-likeness (QED) is 0.511. The topological polar surface area (TPSA) is 68.3 Å². The van der Waals surface area contributed by atoms with Gasteiger partial charge in [0.05, 0.1) is 18.2 Å². The maximum Gasteiger partial charge on any atom is 0.329 e. The molecule has 1 aliphatic rings. The average molecular weight is 408 g/mol. The maximum absolute atomic E-state index is 13.3. The second-order valence-electron chi connectivity index (χ2n) is 7.50. The number of amides is 1. The molecule has 1 aliphatic carbocycles. The number of esters is 1. The van der Waals surface area contributed by atoms with E-state index < -0.39 is 12.0 Å². The van der Waals surface area contributed by atoms with Crippen molar-refractivity contribution in [3.8, 4) is 11.1 Å². The summed E-state index contributed by atoms with van der Waals surface area (Å²) >= 11 is 0. The third-order valence-electron chi connectivity index (χ3n) is 5.85. The molecule has 0 bridgehead atoms. The molecule has 3 aromatic carbocycles. The molecule has 0 saturated heterocycles. The second-order valence-corrected chi connectivity index (χ2v) is 7.50. The fourth-order valence-corrected chi connectivity index (χ4v) is 4.47. The van der Waals surface area contributed by atoms with Gasteiger partial charge in [0, 0.05) is 17.5 Å². The van der Waals surface area contributed by atoms with Crippen molar-refractivity contribution in [1.82, 2.24) is 10.3 Å². The summed E-state index contributed by atoms with van der Waals surface area (Å²) in [6.45, 7) is 0. The number of carbonyl (C=O) groups is 2. The molecule has 0 fully saturated rings. The summed E-state index contributed by atoms with van der Waals surface area (Å²) in [5, 5.41) is 3.69. The molecular formula is C26H20N2O3. The second kappa shape index (κ2) is 7.69. The number of hydrogen-bond donors (Lipinski definition) is 1. The van der Waals surface area contributed by atoms with Crippen molar-refractivity contribution in [1.29, 1.82) is 0 Å². The molecule has 0 unspecified atom stereocenters. The molecule has 1 amide bonds. The van der Waals surface area contributed by atoms with Gasteiger partial charge in [0.15, 0.2) is 0 Å². The van der Waals surface area contributed by atoms with Gasteiger partial charge in [0.25, 0.3) is 5.91 Å². The van der Waals surface area contributed by atoms with Crippen LogP contribution in [0.1, 0.15) is 27.4 Å². The Hall–Kier alpha value is -3.99. The Morgan fingerprint density at radius 1 is 0.871 bits per heavy atom. The highest BCUT2D eigenvalue weighted by molar-refractivity contribution is 6.07. The van der Waals surface area contributed by atoms with Gasteiger partial charge in [0.1, 0.15) is 6.04 Å². The van der Waals surface area contributed by atoms with Crippen LogP contribution in [0.15, 0.2) is 85.1 Å². The lowest BCUT2D eigenvalue weighted by Gasteiger charge is -2.25. The van der Waals surface area contributed by atoms with Gasteiger partial charge in [-0.25, -0.2) is 4.79 Å². The standard InChI is InChI=1S/C26H20N2O3/c1-31-26(30)24(28-25(29)21-14-15-27-22-13-7-6-10-18(21)22)23-19-11-4-2-8-16(19)17-9-3-5-12-20(17)23/h2-15,23-24H,1H3,(H,28,29)/t24-/m1/s1. The summed E-state index contributed by atoms with van der Waals surface area (Å²) in [6, 6.07) is 24.2. The Bertz CT molecular complexity index is 1260. The largest absolute Gasteiger partial charge is 0.467 e. The average Bonchev–Trinajstić information content (AvgIpc) is 3.16. The molecule has 1 heterocycles. The number of fused-ring (bicyclic) bond motifs is 4. The zero-order valence-corrected chi connectivity index (χ0v) is 16.9. The number of pyridine rings is 1. The monoisotopic (exact) mass is 408 g/mol. The van der Waals surface area contributed by atoms with Crippen LogP contribution < -0.4 is 5.32 Å². The Morgan fingerprint density at radius 3 is 2.16 bits per heavy atom. The van der Waals surface area contributed by atoms with Gasteiger partial charge in [-0.3, -0.25) is 9.78 Å². The van der Waals surface area contributed by atoms with Crippen LogP contribution in [0.4, 0.5) is 0 Å². The zero-order valence-electron chi connectivity index (χ0n) is 16.9. The van der Waals surface area contributed by atoms with Crippen molar-refractivity contribution < 1.29 is 14.3 Å². The van der Waals surface area contributed by atoms with Gasteiger partial charge in [-0.15, -0.1) is 0 Å².